The fourth-order valence-electron chi connectivity index (χ4n) is 1.92. The van der Waals surface area contributed by atoms with Gasteiger partial charge in [0.1, 0.15) is 6.33 Å². The van der Waals surface area contributed by atoms with Gasteiger partial charge in [0.25, 0.3) is 0 Å². The maximum Gasteiger partial charge on any atom is 0.204 e. The smallest absolute Gasteiger partial charge is 0.204 e. The summed E-state index contributed by atoms with van der Waals surface area (Å²) < 4.78 is 5.36. The monoisotopic (exact) mass is 283 g/mol. The highest BCUT2D eigenvalue weighted by molar-refractivity contribution is 5.63. The summed E-state index contributed by atoms with van der Waals surface area (Å²) in [4.78, 5) is 8.35. The molecule has 0 bridgehead atoms. The number of anilines is 2. The Kier molecular flexibility index (Phi) is 4.94. The van der Waals surface area contributed by atoms with Crippen molar-refractivity contribution in [3.63, 3.8) is 0 Å². The second-order valence-electron chi connectivity index (χ2n) is 4.30. The van der Waals surface area contributed by atoms with E-state index in [9.17, 15) is 0 Å². The highest BCUT2D eigenvalue weighted by atomic mass is 16.5. The topological polar surface area (TPSA) is 82.9 Å². The molecule has 6 heteroatoms. The van der Waals surface area contributed by atoms with Gasteiger partial charge < -0.3 is 15.4 Å². The van der Waals surface area contributed by atoms with Crippen LogP contribution in [0.1, 0.15) is 18.1 Å². The lowest BCUT2D eigenvalue weighted by Gasteiger charge is -2.13. The van der Waals surface area contributed by atoms with Crippen LogP contribution in [-0.2, 0) is 6.54 Å². The van der Waals surface area contributed by atoms with Gasteiger partial charge in [-0.05, 0) is 24.6 Å². The molecule has 0 atom stereocenters. The lowest BCUT2D eigenvalue weighted by Crippen LogP contribution is -2.08. The number of benzene rings is 1. The fourth-order valence-corrected chi connectivity index (χ4v) is 1.92. The first-order chi connectivity index (χ1) is 10.3. The Morgan fingerprint density at radius 3 is 2.67 bits per heavy atom. The Morgan fingerprint density at radius 1 is 1.24 bits per heavy atom. The molecule has 0 radical (unpaired) electrons. The number of methoxy groups -OCH3 is 1. The van der Waals surface area contributed by atoms with E-state index in [1.54, 1.807) is 13.2 Å². The predicted molar refractivity (Wildman–Crippen MR) is 81.2 cm³/mol. The minimum atomic E-state index is 0.550. The molecular formula is C15H17N5O. The summed E-state index contributed by atoms with van der Waals surface area (Å²) in [6.07, 6.45) is 1.48. The molecule has 0 aliphatic rings. The van der Waals surface area contributed by atoms with Gasteiger partial charge in [0.15, 0.2) is 11.6 Å². The van der Waals surface area contributed by atoms with Gasteiger partial charge in [0, 0.05) is 13.1 Å². The number of nitrogens with zero attached hydrogens (tertiary/aromatic N) is 3. The maximum atomic E-state index is 8.91. The normalized spacial score (nSPS) is 9.76. The Bertz CT molecular complexity index is 651. The Morgan fingerprint density at radius 2 is 2.00 bits per heavy atom. The first kappa shape index (κ1) is 14.6. The van der Waals surface area contributed by atoms with Crippen molar-refractivity contribution >= 4 is 11.6 Å². The molecule has 1 aromatic heterocycles. The van der Waals surface area contributed by atoms with E-state index in [1.807, 2.05) is 25.1 Å². The van der Waals surface area contributed by atoms with Gasteiger partial charge in [-0.25, -0.2) is 9.97 Å². The van der Waals surface area contributed by atoms with Crippen LogP contribution >= 0.6 is 0 Å². The van der Waals surface area contributed by atoms with Crippen molar-refractivity contribution in [2.45, 2.75) is 13.5 Å². The van der Waals surface area contributed by atoms with Crippen LogP contribution in [-0.4, -0.2) is 23.6 Å². The number of rotatable bonds is 6. The number of nitrogens with one attached hydrogen (secondary N) is 2. The van der Waals surface area contributed by atoms with Crippen LogP contribution in [0.25, 0.3) is 0 Å². The van der Waals surface area contributed by atoms with Crippen molar-refractivity contribution in [3.8, 4) is 11.8 Å². The van der Waals surface area contributed by atoms with Crippen LogP contribution in [0.15, 0.2) is 30.6 Å². The molecule has 21 heavy (non-hydrogen) atoms. The molecule has 0 saturated carbocycles. The van der Waals surface area contributed by atoms with Gasteiger partial charge in [0.05, 0.1) is 18.7 Å². The Balaban J connectivity index is 2.16. The van der Waals surface area contributed by atoms with Crippen molar-refractivity contribution in [1.82, 2.24) is 9.97 Å². The third kappa shape index (κ3) is 3.60. The molecule has 108 valence electrons. The van der Waals surface area contributed by atoms with Crippen LogP contribution < -0.4 is 15.4 Å². The summed E-state index contributed by atoms with van der Waals surface area (Å²) in [5, 5.41) is 15.2. The van der Waals surface area contributed by atoms with Crippen LogP contribution in [0.3, 0.4) is 0 Å². The predicted octanol–water partition coefficient (Wildman–Crippen LogP) is 2.40. The summed E-state index contributed by atoms with van der Waals surface area (Å²) in [5.74, 6) is 1.85. The number of nitriles is 1. The number of aromatic nitrogens is 2. The number of ether oxygens (including phenoxy) is 1. The average molecular weight is 283 g/mol. The number of hydrogen-bond acceptors (Lipinski definition) is 6. The molecule has 2 rings (SSSR count). The molecule has 2 N–H and O–H groups in total. The highest BCUT2D eigenvalue weighted by Gasteiger charge is 2.11. The summed E-state index contributed by atoms with van der Waals surface area (Å²) in [6.45, 7) is 3.29. The molecule has 0 spiro atoms. The third-order valence-electron chi connectivity index (χ3n) is 2.87. The second kappa shape index (κ2) is 7.10. The molecule has 1 aromatic carbocycles. The first-order valence-corrected chi connectivity index (χ1v) is 6.64. The summed E-state index contributed by atoms with van der Waals surface area (Å²) in [7, 11) is 1.58. The first-order valence-electron chi connectivity index (χ1n) is 6.64. The van der Waals surface area contributed by atoms with Crippen LogP contribution in [0.4, 0.5) is 11.6 Å². The second-order valence-corrected chi connectivity index (χ2v) is 4.30. The van der Waals surface area contributed by atoms with Crippen molar-refractivity contribution in [1.29, 1.82) is 5.26 Å². The standard InChI is InChI=1S/C15H17N5O/c1-3-17-14-13(21-2)15(20-10-19-14)18-9-12-6-4-5-11(7-12)8-16/h4-7,10H,3,9H2,1-2H3,(H2,17,18,19,20). The molecule has 6 nitrogen and oxygen atoms in total. The molecule has 0 amide bonds. The van der Waals surface area contributed by atoms with E-state index < -0.39 is 0 Å². The van der Waals surface area contributed by atoms with Gasteiger partial charge in [0.2, 0.25) is 5.75 Å². The quantitative estimate of drug-likeness (QED) is 0.847. The molecule has 0 saturated heterocycles. The zero-order valence-electron chi connectivity index (χ0n) is 12.1. The maximum absolute atomic E-state index is 8.91. The molecule has 2 aromatic rings. The fraction of sp³-hybridized carbons (Fsp3) is 0.267. The molecule has 0 unspecified atom stereocenters. The van der Waals surface area contributed by atoms with E-state index in [1.165, 1.54) is 6.33 Å². The van der Waals surface area contributed by atoms with Crippen molar-refractivity contribution in [2.75, 3.05) is 24.3 Å². The lowest BCUT2D eigenvalue weighted by atomic mass is 10.1. The van der Waals surface area contributed by atoms with E-state index in [-0.39, 0.29) is 0 Å². The van der Waals surface area contributed by atoms with E-state index in [0.717, 1.165) is 12.1 Å². The molecule has 0 fully saturated rings. The van der Waals surface area contributed by atoms with Gasteiger partial charge in [-0.1, -0.05) is 12.1 Å². The zero-order valence-corrected chi connectivity index (χ0v) is 12.1. The van der Waals surface area contributed by atoms with Crippen LogP contribution in [0.2, 0.25) is 0 Å². The minimum absolute atomic E-state index is 0.550. The van der Waals surface area contributed by atoms with E-state index in [4.69, 9.17) is 10.00 Å². The van der Waals surface area contributed by atoms with E-state index in [2.05, 4.69) is 26.7 Å². The molecule has 0 aliphatic heterocycles. The van der Waals surface area contributed by atoms with E-state index >= 15 is 0 Å². The van der Waals surface area contributed by atoms with Crippen molar-refractivity contribution < 1.29 is 4.74 Å². The lowest BCUT2D eigenvalue weighted by molar-refractivity contribution is 0.414. The van der Waals surface area contributed by atoms with Gasteiger partial charge in [-0.2, -0.15) is 5.26 Å². The molecule has 1 heterocycles. The highest BCUT2D eigenvalue weighted by Crippen LogP contribution is 2.29. The van der Waals surface area contributed by atoms with Gasteiger partial charge in [-0.3, -0.25) is 0 Å². The third-order valence-corrected chi connectivity index (χ3v) is 2.87. The summed E-state index contributed by atoms with van der Waals surface area (Å²) in [6, 6.07) is 9.55. The van der Waals surface area contributed by atoms with Gasteiger partial charge >= 0.3 is 0 Å². The average Bonchev–Trinajstić information content (AvgIpc) is 2.53. The van der Waals surface area contributed by atoms with Gasteiger partial charge in [-0.15, -0.1) is 0 Å². The molecule has 0 aliphatic carbocycles. The van der Waals surface area contributed by atoms with E-state index in [0.29, 0.717) is 29.5 Å². The zero-order chi connectivity index (χ0) is 15.1. The van der Waals surface area contributed by atoms with Crippen molar-refractivity contribution in [2.24, 2.45) is 0 Å². The summed E-state index contributed by atoms with van der Waals surface area (Å²) in [5.41, 5.74) is 1.64. The van der Waals surface area contributed by atoms with Crippen LogP contribution in [0.5, 0.6) is 5.75 Å². The molecular weight excluding hydrogens is 266 g/mol. The SMILES string of the molecule is CCNc1ncnc(NCc2cccc(C#N)c2)c1OC. The Hall–Kier alpha value is -2.81. The summed E-state index contributed by atoms with van der Waals surface area (Å²) >= 11 is 0. The van der Waals surface area contributed by atoms with Crippen molar-refractivity contribution in [3.05, 3.63) is 41.7 Å². The van der Waals surface area contributed by atoms with Crippen LogP contribution in [0, 0.1) is 11.3 Å². The number of hydrogen-bond donors (Lipinski definition) is 2. The largest absolute Gasteiger partial charge is 0.490 e. The minimum Gasteiger partial charge on any atom is -0.490 e. The Labute approximate surface area is 123 Å².